The third-order valence-corrected chi connectivity index (χ3v) is 6.23. The number of amides is 1. The summed E-state index contributed by atoms with van der Waals surface area (Å²) in [5.74, 6) is -0.580. The van der Waals surface area contributed by atoms with E-state index in [0.717, 1.165) is 22.9 Å². The topological polar surface area (TPSA) is 54.6 Å². The standard InChI is InChI=1S/C25H27FN2O3/c1-25(2)30-15-19(31-25)14-28(13-17-12-27-23-9-8-18(26)10-21(17)23)24(29)22-11-20(22)16-6-4-3-5-7-16/h3-10,12,19-20,22,27H,11,13-15H2,1-2H3/t19-,20+,22+/m1/s1. The Bertz CT molecular complexity index is 1090. The van der Waals surface area contributed by atoms with Crippen molar-refractivity contribution in [3.63, 3.8) is 0 Å². The number of carbonyl (C=O) groups is 1. The summed E-state index contributed by atoms with van der Waals surface area (Å²) < 4.78 is 25.5. The van der Waals surface area contributed by atoms with Crippen molar-refractivity contribution in [3.8, 4) is 0 Å². The Morgan fingerprint density at radius 2 is 2.03 bits per heavy atom. The molecule has 5 nitrogen and oxygen atoms in total. The summed E-state index contributed by atoms with van der Waals surface area (Å²) in [5.41, 5.74) is 2.97. The number of hydrogen-bond donors (Lipinski definition) is 1. The van der Waals surface area contributed by atoms with Crippen LogP contribution in [0.2, 0.25) is 0 Å². The van der Waals surface area contributed by atoms with Crippen LogP contribution in [0.4, 0.5) is 4.39 Å². The van der Waals surface area contributed by atoms with Gasteiger partial charge in [-0.05, 0) is 55.5 Å². The molecule has 162 valence electrons. The number of rotatable bonds is 6. The number of benzene rings is 2. The number of halogens is 1. The molecule has 1 aliphatic heterocycles. The van der Waals surface area contributed by atoms with Gasteiger partial charge in [0.05, 0.1) is 6.61 Å². The van der Waals surface area contributed by atoms with Crippen molar-refractivity contribution >= 4 is 16.8 Å². The van der Waals surface area contributed by atoms with Crippen molar-refractivity contribution < 1.29 is 18.7 Å². The maximum atomic E-state index is 13.8. The summed E-state index contributed by atoms with van der Waals surface area (Å²) in [7, 11) is 0. The fourth-order valence-electron chi connectivity index (χ4n) is 4.59. The van der Waals surface area contributed by atoms with Crippen molar-refractivity contribution in [1.82, 2.24) is 9.88 Å². The van der Waals surface area contributed by atoms with Gasteiger partial charge in [-0.2, -0.15) is 0 Å². The number of ether oxygens (including phenoxy) is 2. The van der Waals surface area contributed by atoms with Crippen LogP contribution in [0.15, 0.2) is 54.7 Å². The molecule has 0 spiro atoms. The number of nitrogens with zero attached hydrogens (tertiary/aromatic N) is 1. The number of aromatic amines is 1. The first-order valence-electron chi connectivity index (χ1n) is 10.8. The third kappa shape index (κ3) is 4.23. The Morgan fingerprint density at radius 1 is 1.23 bits per heavy atom. The summed E-state index contributed by atoms with van der Waals surface area (Å²) in [4.78, 5) is 18.6. The molecule has 2 aliphatic rings. The Balaban J connectivity index is 1.38. The second-order valence-electron chi connectivity index (χ2n) is 9.03. The molecular weight excluding hydrogens is 395 g/mol. The lowest BCUT2D eigenvalue weighted by Crippen LogP contribution is -2.39. The lowest BCUT2D eigenvalue weighted by Gasteiger charge is -2.26. The average molecular weight is 423 g/mol. The summed E-state index contributed by atoms with van der Waals surface area (Å²) in [6.07, 6.45) is 2.53. The molecule has 2 fully saturated rings. The number of carbonyl (C=O) groups excluding carboxylic acids is 1. The van der Waals surface area contributed by atoms with Crippen LogP contribution in [0.5, 0.6) is 0 Å². The number of fused-ring (bicyclic) bond motifs is 1. The average Bonchev–Trinajstić information content (AvgIpc) is 3.36. The van der Waals surface area contributed by atoms with Gasteiger partial charge in [0.25, 0.3) is 0 Å². The second-order valence-corrected chi connectivity index (χ2v) is 9.03. The van der Waals surface area contributed by atoms with E-state index in [1.165, 1.54) is 17.7 Å². The van der Waals surface area contributed by atoms with Crippen LogP contribution < -0.4 is 0 Å². The Labute approximate surface area is 181 Å². The quantitative estimate of drug-likeness (QED) is 0.632. The number of nitrogens with one attached hydrogen (secondary N) is 1. The van der Waals surface area contributed by atoms with Crippen molar-refractivity contribution in [1.29, 1.82) is 0 Å². The van der Waals surface area contributed by atoms with E-state index in [1.54, 1.807) is 6.07 Å². The van der Waals surface area contributed by atoms with Crippen LogP contribution in [0, 0.1) is 11.7 Å². The Hall–Kier alpha value is -2.70. The van der Waals surface area contributed by atoms with Gasteiger partial charge in [0.2, 0.25) is 5.91 Å². The smallest absolute Gasteiger partial charge is 0.226 e. The minimum absolute atomic E-state index is 0.0281. The van der Waals surface area contributed by atoms with E-state index in [0.29, 0.717) is 19.7 Å². The number of aromatic nitrogens is 1. The zero-order valence-electron chi connectivity index (χ0n) is 17.8. The highest BCUT2D eigenvalue weighted by Gasteiger charge is 2.46. The summed E-state index contributed by atoms with van der Waals surface area (Å²) in [6.45, 7) is 5.07. The molecule has 3 aromatic rings. The minimum Gasteiger partial charge on any atom is -0.361 e. The maximum absolute atomic E-state index is 13.8. The van der Waals surface area contributed by atoms with E-state index in [9.17, 15) is 9.18 Å². The molecule has 1 N–H and O–H groups in total. The molecule has 2 heterocycles. The minimum atomic E-state index is -0.643. The van der Waals surface area contributed by atoms with Gasteiger partial charge in [-0.25, -0.2) is 4.39 Å². The lowest BCUT2D eigenvalue weighted by molar-refractivity contribution is -0.147. The van der Waals surface area contributed by atoms with Gasteiger partial charge >= 0.3 is 0 Å². The first-order valence-corrected chi connectivity index (χ1v) is 10.8. The van der Waals surface area contributed by atoms with Crippen LogP contribution in [0.25, 0.3) is 10.9 Å². The summed E-state index contributed by atoms with van der Waals surface area (Å²) in [5, 5.41) is 0.803. The third-order valence-electron chi connectivity index (χ3n) is 6.23. The summed E-state index contributed by atoms with van der Waals surface area (Å²) in [6, 6.07) is 14.9. The molecule has 3 atom stereocenters. The van der Waals surface area contributed by atoms with Gasteiger partial charge in [-0.15, -0.1) is 0 Å². The van der Waals surface area contributed by atoms with Crippen molar-refractivity contribution in [2.75, 3.05) is 13.2 Å². The number of H-pyrrole nitrogens is 1. The van der Waals surface area contributed by atoms with Crippen molar-refractivity contribution in [3.05, 3.63) is 71.7 Å². The summed E-state index contributed by atoms with van der Waals surface area (Å²) >= 11 is 0. The first-order chi connectivity index (χ1) is 14.9. The van der Waals surface area contributed by atoms with Gasteiger partial charge in [0.1, 0.15) is 11.9 Å². The second kappa shape index (κ2) is 7.77. The Morgan fingerprint density at radius 3 is 2.77 bits per heavy atom. The van der Waals surface area contributed by atoms with Crippen LogP contribution in [0.3, 0.4) is 0 Å². The molecule has 0 bridgehead atoms. The molecule has 1 saturated carbocycles. The van der Waals surface area contributed by atoms with Gasteiger partial charge in [0.15, 0.2) is 5.79 Å². The van der Waals surface area contributed by atoms with E-state index in [4.69, 9.17) is 9.47 Å². The van der Waals surface area contributed by atoms with E-state index >= 15 is 0 Å². The predicted molar refractivity (Wildman–Crippen MR) is 116 cm³/mol. The highest BCUT2D eigenvalue weighted by atomic mass is 19.1. The van der Waals surface area contributed by atoms with Crippen LogP contribution in [-0.4, -0.2) is 40.8 Å². The van der Waals surface area contributed by atoms with E-state index in [2.05, 4.69) is 17.1 Å². The van der Waals surface area contributed by atoms with Gasteiger partial charge < -0.3 is 19.4 Å². The lowest BCUT2D eigenvalue weighted by atomic mass is 10.1. The van der Waals surface area contributed by atoms with Crippen LogP contribution in [0.1, 0.15) is 37.3 Å². The van der Waals surface area contributed by atoms with E-state index in [-0.39, 0.29) is 29.7 Å². The monoisotopic (exact) mass is 422 g/mol. The van der Waals surface area contributed by atoms with Gasteiger partial charge in [-0.3, -0.25) is 4.79 Å². The maximum Gasteiger partial charge on any atom is 0.226 e. The van der Waals surface area contributed by atoms with Gasteiger partial charge in [-0.1, -0.05) is 30.3 Å². The molecule has 1 amide bonds. The number of hydrogen-bond acceptors (Lipinski definition) is 3. The first kappa shape index (κ1) is 20.2. The van der Waals surface area contributed by atoms with Crippen molar-refractivity contribution in [2.24, 2.45) is 5.92 Å². The molecule has 5 rings (SSSR count). The largest absolute Gasteiger partial charge is 0.361 e. The molecule has 6 heteroatoms. The SMILES string of the molecule is CC1(C)OC[C@@H](CN(Cc2c[nH]c3ccc(F)cc23)C(=O)[C@H]2C[C@H]2c2ccccc2)O1. The van der Waals surface area contributed by atoms with Gasteiger partial charge in [0, 0.05) is 36.1 Å². The highest BCUT2D eigenvalue weighted by Crippen LogP contribution is 2.48. The zero-order valence-corrected chi connectivity index (χ0v) is 17.8. The van der Waals surface area contributed by atoms with E-state index in [1.807, 2.05) is 43.1 Å². The predicted octanol–water partition coefficient (Wildman–Crippen LogP) is 4.59. The molecule has 0 radical (unpaired) electrons. The molecule has 31 heavy (non-hydrogen) atoms. The molecular formula is C25H27FN2O3. The van der Waals surface area contributed by atoms with Crippen molar-refractivity contribution in [2.45, 2.75) is 44.6 Å². The molecule has 0 unspecified atom stereocenters. The van der Waals surface area contributed by atoms with Crippen LogP contribution in [-0.2, 0) is 20.8 Å². The fraction of sp³-hybridized carbons (Fsp3) is 0.400. The van der Waals surface area contributed by atoms with E-state index < -0.39 is 5.79 Å². The molecule has 2 aromatic carbocycles. The molecule has 1 aromatic heterocycles. The fourth-order valence-corrected chi connectivity index (χ4v) is 4.59. The Kier molecular flexibility index (Phi) is 5.07. The van der Waals surface area contributed by atoms with Crippen LogP contribution >= 0.6 is 0 Å². The molecule has 1 aliphatic carbocycles. The zero-order chi connectivity index (χ0) is 21.6. The normalized spacial score (nSPS) is 24.4. The highest BCUT2D eigenvalue weighted by molar-refractivity contribution is 5.86. The molecule has 1 saturated heterocycles.